The Morgan fingerprint density at radius 1 is 1.52 bits per heavy atom. The molecule has 2 aromatic heterocycles. The SMILES string of the molecule is O=C(Cc1cccs1)N1CCC[C@@H](c2cc(=O)[nH]cn2)C1. The van der Waals surface area contributed by atoms with Crippen molar-refractivity contribution in [2.75, 3.05) is 13.1 Å². The van der Waals surface area contributed by atoms with Crippen molar-refractivity contribution in [1.29, 1.82) is 0 Å². The molecule has 1 saturated heterocycles. The van der Waals surface area contributed by atoms with Gasteiger partial charge in [-0.3, -0.25) is 9.59 Å². The predicted octanol–water partition coefficient (Wildman–Crippen LogP) is 1.78. The molecule has 1 amide bonds. The van der Waals surface area contributed by atoms with Crippen molar-refractivity contribution >= 4 is 17.2 Å². The minimum atomic E-state index is -0.137. The Kier molecular flexibility index (Phi) is 4.15. The largest absolute Gasteiger partial charge is 0.342 e. The molecule has 2 aromatic rings. The highest BCUT2D eigenvalue weighted by atomic mass is 32.1. The summed E-state index contributed by atoms with van der Waals surface area (Å²) in [5.41, 5.74) is 0.648. The molecule has 1 atom stereocenters. The van der Waals surface area contributed by atoms with Crippen LogP contribution in [0.15, 0.2) is 34.7 Å². The molecular formula is C15H17N3O2S. The van der Waals surface area contributed by atoms with Gasteiger partial charge in [-0.25, -0.2) is 4.98 Å². The summed E-state index contributed by atoms with van der Waals surface area (Å²) in [5, 5.41) is 1.99. The van der Waals surface area contributed by atoms with Crippen molar-refractivity contribution in [2.24, 2.45) is 0 Å². The molecule has 0 aromatic carbocycles. The minimum Gasteiger partial charge on any atom is -0.342 e. The van der Waals surface area contributed by atoms with Crippen LogP contribution in [0.3, 0.4) is 0 Å². The number of piperidine rings is 1. The number of thiophene rings is 1. The molecule has 1 aliphatic rings. The summed E-state index contributed by atoms with van der Waals surface area (Å²) in [7, 11) is 0. The third kappa shape index (κ3) is 3.39. The molecule has 1 fully saturated rings. The molecule has 21 heavy (non-hydrogen) atoms. The highest BCUT2D eigenvalue weighted by Gasteiger charge is 2.25. The van der Waals surface area contributed by atoms with Gasteiger partial charge >= 0.3 is 0 Å². The van der Waals surface area contributed by atoms with Gasteiger partial charge in [-0.1, -0.05) is 6.07 Å². The molecule has 5 nitrogen and oxygen atoms in total. The second-order valence-electron chi connectivity index (χ2n) is 5.27. The van der Waals surface area contributed by atoms with Crippen LogP contribution in [0.4, 0.5) is 0 Å². The number of nitrogens with zero attached hydrogens (tertiary/aromatic N) is 2. The molecule has 0 aliphatic carbocycles. The van der Waals surface area contributed by atoms with Crippen molar-refractivity contribution in [1.82, 2.24) is 14.9 Å². The van der Waals surface area contributed by atoms with E-state index in [1.165, 1.54) is 12.4 Å². The number of carbonyl (C=O) groups excluding carboxylic acids is 1. The molecule has 1 aliphatic heterocycles. The monoisotopic (exact) mass is 303 g/mol. The molecule has 6 heteroatoms. The standard InChI is InChI=1S/C15H17N3O2S/c19-14-8-13(16-10-17-14)11-3-1-5-18(9-11)15(20)7-12-4-2-6-21-12/h2,4,6,8,10-11H,1,3,5,7,9H2,(H,16,17,19)/t11-/m1/s1. The summed E-state index contributed by atoms with van der Waals surface area (Å²) >= 11 is 1.61. The minimum absolute atomic E-state index is 0.137. The van der Waals surface area contributed by atoms with Crippen LogP contribution in [-0.2, 0) is 11.2 Å². The summed E-state index contributed by atoms with van der Waals surface area (Å²) in [6, 6.07) is 5.49. The van der Waals surface area contributed by atoms with Gasteiger partial charge in [0.2, 0.25) is 5.91 Å². The Morgan fingerprint density at radius 2 is 2.43 bits per heavy atom. The van der Waals surface area contributed by atoms with Gasteiger partial charge < -0.3 is 9.88 Å². The molecule has 110 valence electrons. The first-order chi connectivity index (χ1) is 10.2. The highest BCUT2D eigenvalue weighted by molar-refractivity contribution is 7.10. The van der Waals surface area contributed by atoms with Crippen molar-refractivity contribution in [3.8, 4) is 0 Å². The Morgan fingerprint density at radius 3 is 3.19 bits per heavy atom. The Hall–Kier alpha value is -1.95. The van der Waals surface area contributed by atoms with E-state index in [0.29, 0.717) is 13.0 Å². The lowest BCUT2D eigenvalue weighted by atomic mass is 9.94. The third-order valence-corrected chi connectivity index (χ3v) is 4.67. The van der Waals surface area contributed by atoms with Gasteiger partial charge in [0.15, 0.2) is 0 Å². The van der Waals surface area contributed by atoms with Gasteiger partial charge in [0, 0.05) is 30.0 Å². The van der Waals surface area contributed by atoms with E-state index in [1.54, 1.807) is 11.3 Å². The molecule has 0 saturated carbocycles. The number of nitrogens with one attached hydrogen (secondary N) is 1. The molecule has 0 spiro atoms. The maximum Gasteiger partial charge on any atom is 0.250 e. The molecule has 3 heterocycles. The van der Waals surface area contributed by atoms with Gasteiger partial charge in [0.25, 0.3) is 5.56 Å². The number of hydrogen-bond acceptors (Lipinski definition) is 4. The van der Waals surface area contributed by atoms with E-state index >= 15 is 0 Å². The Labute approximate surface area is 126 Å². The number of likely N-dealkylation sites (tertiary alicyclic amines) is 1. The van der Waals surface area contributed by atoms with Gasteiger partial charge in [-0.2, -0.15) is 0 Å². The summed E-state index contributed by atoms with van der Waals surface area (Å²) in [5.74, 6) is 0.320. The van der Waals surface area contributed by atoms with Gasteiger partial charge in [-0.05, 0) is 24.3 Å². The average molecular weight is 303 g/mol. The highest BCUT2D eigenvalue weighted by Crippen LogP contribution is 2.25. The van der Waals surface area contributed by atoms with Crippen molar-refractivity contribution < 1.29 is 4.79 Å². The van der Waals surface area contributed by atoms with Gasteiger partial charge in [-0.15, -0.1) is 11.3 Å². The molecule has 0 unspecified atom stereocenters. The maximum atomic E-state index is 12.4. The van der Waals surface area contributed by atoms with E-state index in [-0.39, 0.29) is 17.4 Å². The van der Waals surface area contributed by atoms with Crippen LogP contribution in [0.25, 0.3) is 0 Å². The topological polar surface area (TPSA) is 66.1 Å². The quantitative estimate of drug-likeness (QED) is 0.940. The van der Waals surface area contributed by atoms with E-state index in [9.17, 15) is 9.59 Å². The number of aromatic amines is 1. The average Bonchev–Trinajstić information content (AvgIpc) is 3.00. The first-order valence-corrected chi connectivity index (χ1v) is 7.95. The number of carbonyl (C=O) groups is 1. The zero-order chi connectivity index (χ0) is 14.7. The zero-order valence-corrected chi connectivity index (χ0v) is 12.4. The van der Waals surface area contributed by atoms with Crippen LogP contribution < -0.4 is 5.56 Å². The van der Waals surface area contributed by atoms with Crippen LogP contribution in [0.2, 0.25) is 0 Å². The molecule has 1 N–H and O–H groups in total. The van der Waals surface area contributed by atoms with Crippen LogP contribution in [0, 0.1) is 0 Å². The predicted molar refractivity (Wildman–Crippen MR) is 81.4 cm³/mol. The lowest BCUT2D eigenvalue weighted by molar-refractivity contribution is -0.131. The maximum absolute atomic E-state index is 12.4. The second-order valence-corrected chi connectivity index (χ2v) is 6.30. The second kappa shape index (κ2) is 6.22. The molecule has 0 bridgehead atoms. The smallest absolute Gasteiger partial charge is 0.250 e. The summed E-state index contributed by atoms with van der Waals surface area (Å²) < 4.78 is 0. The zero-order valence-electron chi connectivity index (χ0n) is 11.6. The lowest BCUT2D eigenvalue weighted by Crippen LogP contribution is -2.40. The van der Waals surface area contributed by atoms with Crippen molar-refractivity contribution in [2.45, 2.75) is 25.2 Å². The lowest BCUT2D eigenvalue weighted by Gasteiger charge is -2.32. The number of aromatic nitrogens is 2. The van der Waals surface area contributed by atoms with Crippen LogP contribution >= 0.6 is 11.3 Å². The molecule has 3 rings (SSSR count). The fraction of sp³-hybridized carbons (Fsp3) is 0.400. The van der Waals surface area contributed by atoms with Crippen LogP contribution in [-0.4, -0.2) is 33.9 Å². The van der Waals surface area contributed by atoms with E-state index < -0.39 is 0 Å². The first kappa shape index (κ1) is 14.0. The number of rotatable bonds is 3. The third-order valence-electron chi connectivity index (χ3n) is 3.80. The van der Waals surface area contributed by atoms with Crippen LogP contribution in [0.1, 0.15) is 29.3 Å². The summed E-state index contributed by atoms with van der Waals surface area (Å²) in [6.45, 7) is 1.45. The van der Waals surface area contributed by atoms with E-state index in [0.717, 1.165) is 30.0 Å². The van der Waals surface area contributed by atoms with Gasteiger partial charge in [0.1, 0.15) is 0 Å². The Balaban J connectivity index is 1.68. The fourth-order valence-electron chi connectivity index (χ4n) is 2.73. The van der Waals surface area contributed by atoms with E-state index in [4.69, 9.17) is 0 Å². The summed E-state index contributed by atoms with van der Waals surface area (Å²) in [4.78, 5) is 33.5. The molecule has 0 radical (unpaired) electrons. The number of amides is 1. The van der Waals surface area contributed by atoms with Crippen molar-refractivity contribution in [3.05, 3.63) is 50.8 Å². The van der Waals surface area contributed by atoms with Crippen LogP contribution in [0.5, 0.6) is 0 Å². The number of H-pyrrole nitrogens is 1. The normalized spacial score (nSPS) is 18.7. The van der Waals surface area contributed by atoms with E-state index in [1.807, 2.05) is 22.4 Å². The fourth-order valence-corrected chi connectivity index (χ4v) is 3.42. The molecular weight excluding hydrogens is 286 g/mol. The van der Waals surface area contributed by atoms with E-state index in [2.05, 4.69) is 9.97 Å². The number of hydrogen-bond donors (Lipinski definition) is 1. The van der Waals surface area contributed by atoms with Crippen molar-refractivity contribution in [3.63, 3.8) is 0 Å². The Bertz CT molecular complexity index is 666. The first-order valence-electron chi connectivity index (χ1n) is 7.07. The van der Waals surface area contributed by atoms with Gasteiger partial charge in [0.05, 0.1) is 18.4 Å². The summed E-state index contributed by atoms with van der Waals surface area (Å²) in [6.07, 6.45) is 3.83.